The summed E-state index contributed by atoms with van der Waals surface area (Å²) < 4.78 is 0. The van der Waals surface area contributed by atoms with E-state index in [0.29, 0.717) is 6.54 Å². The van der Waals surface area contributed by atoms with E-state index < -0.39 is 11.8 Å². The molecular weight excluding hydrogens is 288 g/mol. The van der Waals surface area contributed by atoms with Crippen molar-refractivity contribution < 1.29 is 9.59 Å². The predicted octanol–water partition coefficient (Wildman–Crippen LogP) is -0.101. The maximum Gasteiger partial charge on any atom is 0.309 e. The SMILES string of the molecule is CNC(=O)C(=O)NCC(c1ccsc1)N1CCN(C)CC1. The van der Waals surface area contributed by atoms with Gasteiger partial charge < -0.3 is 15.5 Å². The van der Waals surface area contributed by atoms with Gasteiger partial charge in [0.1, 0.15) is 0 Å². The van der Waals surface area contributed by atoms with Crippen LogP contribution in [0.15, 0.2) is 16.8 Å². The Balaban J connectivity index is 2.00. The lowest BCUT2D eigenvalue weighted by Gasteiger charge is -2.37. The van der Waals surface area contributed by atoms with E-state index in [4.69, 9.17) is 0 Å². The van der Waals surface area contributed by atoms with Crippen molar-refractivity contribution in [1.29, 1.82) is 0 Å². The summed E-state index contributed by atoms with van der Waals surface area (Å²) in [6.07, 6.45) is 0. The van der Waals surface area contributed by atoms with Crippen LogP contribution in [0.2, 0.25) is 0 Å². The van der Waals surface area contributed by atoms with Crippen LogP contribution in [0.5, 0.6) is 0 Å². The van der Waals surface area contributed by atoms with Crippen LogP contribution in [-0.4, -0.2) is 68.4 Å². The van der Waals surface area contributed by atoms with Crippen molar-refractivity contribution >= 4 is 23.2 Å². The van der Waals surface area contributed by atoms with E-state index in [2.05, 4.69) is 38.9 Å². The summed E-state index contributed by atoms with van der Waals surface area (Å²) in [6.45, 7) is 4.42. The van der Waals surface area contributed by atoms with E-state index in [1.54, 1.807) is 11.3 Å². The molecule has 1 aromatic heterocycles. The van der Waals surface area contributed by atoms with Crippen molar-refractivity contribution in [2.75, 3.05) is 46.8 Å². The van der Waals surface area contributed by atoms with Crippen molar-refractivity contribution in [1.82, 2.24) is 20.4 Å². The van der Waals surface area contributed by atoms with Crippen molar-refractivity contribution in [3.63, 3.8) is 0 Å². The molecule has 7 heteroatoms. The molecule has 0 radical (unpaired) electrons. The van der Waals surface area contributed by atoms with Crippen molar-refractivity contribution in [3.8, 4) is 0 Å². The van der Waals surface area contributed by atoms with Gasteiger partial charge in [-0.2, -0.15) is 11.3 Å². The fraction of sp³-hybridized carbons (Fsp3) is 0.571. The topological polar surface area (TPSA) is 64.7 Å². The number of thiophene rings is 1. The first kappa shape index (κ1) is 15.9. The maximum atomic E-state index is 11.6. The highest BCUT2D eigenvalue weighted by Crippen LogP contribution is 2.23. The Morgan fingerprint density at radius 2 is 2.00 bits per heavy atom. The van der Waals surface area contributed by atoms with Gasteiger partial charge in [-0.1, -0.05) is 0 Å². The number of amides is 2. The molecule has 2 N–H and O–H groups in total. The molecule has 0 aromatic carbocycles. The fourth-order valence-electron chi connectivity index (χ4n) is 2.44. The smallest absolute Gasteiger partial charge is 0.309 e. The number of rotatable bonds is 4. The van der Waals surface area contributed by atoms with Gasteiger partial charge in [0.05, 0.1) is 6.04 Å². The minimum Gasteiger partial charge on any atom is -0.351 e. The highest BCUT2D eigenvalue weighted by Gasteiger charge is 2.25. The third kappa shape index (κ3) is 4.26. The average Bonchev–Trinajstić information content (AvgIpc) is 3.02. The third-order valence-electron chi connectivity index (χ3n) is 3.80. The summed E-state index contributed by atoms with van der Waals surface area (Å²) in [4.78, 5) is 27.6. The summed E-state index contributed by atoms with van der Waals surface area (Å²) in [5.41, 5.74) is 1.20. The average molecular weight is 310 g/mol. The standard InChI is InChI=1S/C14H22N4O2S/c1-15-13(19)14(20)16-9-12(11-3-8-21-10-11)18-6-4-17(2)5-7-18/h3,8,10,12H,4-7,9H2,1-2H3,(H,15,19)(H,16,20). The number of nitrogens with one attached hydrogen (secondary N) is 2. The van der Waals surface area contributed by atoms with Crippen LogP contribution >= 0.6 is 11.3 Å². The van der Waals surface area contributed by atoms with Gasteiger partial charge in [0, 0.05) is 39.8 Å². The lowest BCUT2D eigenvalue weighted by Crippen LogP contribution is -2.49. The van der Waals surface area contributed by atoms with Gasteiger partial charge in [-0.05, 0) is 29.4 Å². The molecule has 0 spiro atoms. The molecular formula is C14H22N4O2S. The molecule has 116 valence electrons. The first-order valence-electron chi connectivity index (χ1n) is 7.06. The number of nitrogens with zero attached hydrogens (tertiary/aromatic N) is 2. The largest absolute Gasteiger partial charge is 0.351 e. The Morgan fingerprint density at radius 3 is 2.57 bits per heavy atom. The Bertz CT molecular complexity index is 469. The van der Waals surface area contributed by atoms with Crippen molar-refractivity contribution in [2.45, 2.75) is 6.04 Å². The first-order valence-corrected chi connectivity index (χ1v) is 8.00. The van der Waals surface area contributed by atoms with Crippen LogP contribution in [0.3, 0.4) is 0 Å². The number of carbonyl (C=O) groups excluding carboxylic acids is 2. The Morgan fingerprint density at radius 1 is 1.29 bits per heavy atom. The Kier molecular flexibility index (Phi) is 5.72. The minimum atomic E-state index is -0.600. The molecule has 1 aromatic rings. The number of hydrogen-bond donors (Lipinski definition) is 2. The molecule has 0 saturated carbocycles. The van der Waals surface area contributed by atoms with E-state index in [0.717, 1.165) is 26.2 Å². The van der Waals surface area contributed by atoms with Gasteiger partial charge in [0.2, 0.25) is 0 Å². The van der Waals surface area contributed by atoms with Crippen LogP contribution in [0.25, 0.3) is 0 Å². The Hall–Kier alpha value is -1.44. The van der Waals surface area contributed by atoms with Crippen LogP contribution in [-0.2, 0) is 9.59 Å². The molecule has 0 bridgehead atoms. The van der Waals surface area contributed by atoms with Gasteiger partial charge in [-0.15, -0.1) is 0 Å². The molecule has 0 aliphatic carbocycles. The number of piperazine rings is 1. The van der Waals surface area contributed by atoms with Crippen LogP contribution < -0.4 is 10.6 Å². The van der Waals surface area contributed by atoms with E-state index in [9.17, 15) is 9.59 Å². The van der Waals surface area contributed by atoms with Crippen LogP contribution in [0, 0.1) is 0 Å². The molecule has 2 rings (SSSR count). The van der Waals surface area contributed by atoms with Crippen molar-refractivity contribution in [3.05, 3.63) is 22.4 Å². The summed E-state index contributed by atoms with van der Waals surface area (Å²) in [5, 5.41) is 9.21. The summed E-state index contributed by atoms with van der Waals surface area (Å²) in [5.74, 6) is -1.18. The minimum absolute atomic E-state index is 0.124. The molecule has 21 heavy (non-hydrogen) atoms. The molecule has 1 aliphatic heterocycles. The molecule has 1 unspecified atom stereocenters. The number of likely N-dealkylation sites (N-methyl/N-ethyl adjacent to an activating group) is 2. The van der Waals surface area contributed by atoms with E-state index in [-0.39, 0.29) is 6.04 Å². The zero-order valence-corrected chi connectivity index (χ0v) is 13.3. The van der Waals surface area contributed by atoms with Gasteiger partial charge >= 0.3 is 11.8 Å². The highest BCUT2D eigenvalue weighted by molar-refractivity contribution is 7.07. The first-order chi connectivity index (χ1) is 10.1. The zero-order valence-electron chi connectivity index (χ0n) is 12.5. The van der Waals surface area contributed by atoms with Gasteiger partial charge in [0.25, 0.3) is 0 Å². The summed E-state index contributed by atoms with van der Waals surface area (Å²) >= 11 is 1.65. The second-order valence-corrected chi connectivity index (χ2v) is 5.98. The normalized spacial score (nSPS) is 18.2. The third-order valence-corrected chi connectivity index (χ3v) is 4.50. The lowest BCUT2D eigenvalue weighted by molar-refractivity contribution is -0.139. The van der Waals surface area contributed by atoms with Gasteiger partial charge in [0.15, 0.2) is 0 Å². The number of hydrogen-bond acceptors (Lipinski definition) is 5. The fourth-order valence-corrected chi connectivity index (χ4v) is 3.15. The second kappa shape index (κ2) is 7.53. The maximum absolute atomic E-state index is 11.6. The Labute approximate surface area is 129 Å². The van der Waals surface area contributed by atoms with Crippen LogP contribution in [0.1, 0.15) is 11.6 Å². The predicted molar refractivity (Wildman–Crippen MR) is 83.2 cm³/mol. The van der Waals surface area contributed by atoms with E-state index in [1.807, 2.05) is 5.38 Å². The zero-order chi connectivity index (χ0) is 15.2. The molecule has 6 nitrogen and oxygen atoms in total. The van der Waals surface area contributed by atoms with Crippen molar-refractivity contribution in [2.24, 2.45) is 0 Å². The number of carbonyl (C=O) groups is 2. The molecule has 1 fully saturated rings. The molecule has 2 heterocycles. The molecule has 2 amide bonds. The molecule has 1 atom stereocenters. The summed E-state index contributed by atoms with van der Waals surface area (Å²) in [7, 11) is 3.57. The van der Waals surface area contributed by atoms with Gasteiger partial charge in [-0.25, -0.2) is 0 Å². The van der Waals surface area contributed by atoms with Gasteiger partial charge in [-0.3, -0.25) is 14.5 Å². The summed E-state index contributed by atoms with van der Waals surface area (Å²) in [6, 6.07) is 2.21. The lowest BCUT2D eigenvalue weighted by atomic mass is 10.1. The highest BCUT2D eigenvalue weighted by atomic mass is 32.1. The monoisotopic (exact) mass is 310 g/mol. The van der Waals surface area contributed by atoms with E-state index >= 15 is 0 Å². The second-order valence-electron chi connectivity index (χ2n) is 5.20. The molecule has 1 saturated heterocycles. The van der Waals surface area contributed by atoms with Crippen LogP contribution in [0.4, 0.5) is 0 Å². The molecule has 1 aliphatic rings. The quantitative estimate of drug-likeness (QED) is 0.762. The van der Waals surface area contributed by atoms with E-state index in [1.165, 1.54) is 12.6 Å².